The highest BCUT2D eigenvalue weighted by molar-refractivity contribution is 4.45. The standard InChI is InChI=1S/C10H25N2/c1-5-11-9-7-6-8-10-12(2,3)4/h11H,5-10H2,1-4H3/q+1. The second-order valence-corrected chi connectivity index (χ2v) is 4.43. The lowest BCUT2D eigenvalue weighted by atomic mass is 10.2. The lowest BCUT2D eigenvalue weighted by Gasteiger charge is -2.23. The van der Waals surface area contributed by atoms with Crippen LogP contribution in [-0.4, -0.2) is 45.3 Å². The molecule has 0 heterocycles. The minimum Gasteiger partial charge on any atom is -0.331 e. The first-order valence-corrected chi connectivity index (χ1v) is 5.07. The molecule has 0 amide bonds. The van der Waals surface area contributed by atoms with Crippen molar-refractivity contribution in [2.75, 3.05) is 40.8 Å². The van der Waals surface area contributed by atoms with Crippen LogP contribution in [0.1, 0.15) is 26.2 Å². The molecule has 0 rings (SSSR count). The molecule has 0 fully saturated rings. The lowest BCUT2D eigenvalue weighted by molar-refractivity contribution is -0.870. The molecule has 12 heavy (non-hydrogen) atoms. The van der Waals surface area contributed by atoms with Gasteiger partial charge in [-0.2, -0.15) is 0 Å². The molecular formula is C10H25N2+. The zero-order valence-electron chi connectivity index (χ0n) is 9.19. The summed E-state index contributed by atoms with van der Waals surface area (Å²) in [5.41, 5.74) is 0. The van der Waals surface area contributed by atoms with Crippen LogP contribution < -0.4 is 5.32 Å². The van der Waals surface area contributed by atoms with Crippen molar-refractivity contribution >= 4 is 0 Å². The average Bonchev–Trinajstić information content (AvgIpc) is 1.94. The zero-order valence-corrected chi connectivity index (χ0v) is 9.19. The Labute approximate surface area is 77.5 Å². The Balaban J connectivity index is 3.01. The van der Waals surface area contributed by atoms with E-state index in [0.29, 0.717) is 0 Å². The first kappa shape index (κ1) is 11.9. The largest absolute Gasteiger partial charge is 0.331 e. The molecule has 0 aromatic carbocycles. The summed E-state index contributed by atoms with van der Waals surface area (Å²) >= 11 is 0. The monoisotopic (exact) mass is 173 g/mol. The Kier molecular flexibility index (Phi) is 6.39. The quantitative estimate of drug-likeness (QED) is 0.454. The SMILES string of the molecule is CCNCCCCC[N+](C)(C)C. The number of hydrogen-bond acceptors (Lipinski definition) is 1. The van der Waals surface area contributed by atoms with Gasteiger partial charge in [0.2, 0.25) is 0 Å². The van der Waals surface area contributed by atoms with Crippen LogP contribution in [0.4, 0.5) is 0 Å². The van der Waals surface area contributed by atoms with Crippen molar-refractivity contribution in [1.82, 2.24) is 5.32 Å². The molecule has 0 aliphatic rings. The summed E-state index contributed by atoms with van der Waals surface area (Å²) < 4.78 is 1.10. The van der Waals surface area contributed by atoms with Gasteiger partial charge in [-0.05, 0) is 32.4 Å². The van der Waals surface area contributed by atoms with E-state index in [0.717, 1.165) is 11.0 Å². The molecule has 0 saturated carbocycles. The highest BCUT2D eigenvalue weighted by atomic mass is 15.3. The van der Waals surface area contributed by atoms with Crippen LogP contribution in [0.2, 0.25) is 0 Å². The van der Waals surface area contributed by atoms with Gasteiger partial charge in [0.25, 0.3) is 0 Å². The molecular weight excluding hydrogens is 148 g/mol. The summed E-state index contributed by atoms with van der Waals surface area (Å²) in [5.74, 6) is 0. The van der Waals surface area contributed by atoms with E-state index in [1.165, 1.54) is 32.4 Å². The Morgan fingerprint density at radius 2 is 1.67 bits per heavy atom. The highest BCUT2D eigenvalue weighted by Gasteiger charge is 2.04. The normalized spacial score (nSPS) is 12.0. The third-order valence-corrected chi connectivity index (χ3v) is 1.93. The van der Waals surface area contributed by atoms with E-state index < -0.39 is 0 Å². The smallest absolute Gasteiger partial charge is 0.0780 e. The minimum absolute atomic E-state index is 1.10. The molecule has 0 radical (unpaired) electrons. The number of nitrogens with zero attached hydrogens (tertiary/aromatic N) is 1. The van der Waals surface area contributed by atoms with Crippen LogP contribution in [0, 0.1) is 0 Å². The third kappa shape index (κ3) is 9.92. The third-order valence-electron chi connectivity index (χ3n) is 1.93. The molecule has 1 N–H and O–H groups in total. The molecule has 74 valence electrons. The van der Waals surface area contributed by atoms with Crippen LogP contribution in [0.3, 0.4) is 0 Å². The van der Waals surface area contributed by atoms with Gasteiger partial charge in [-0.3, -0.25) is 0 Å². The summed E-state index contributed by atoms with van der Waals surface area (Å²) in [7, 11) is 6.76. The molecule has 0 aliphatic carbocycles. The van der Waals surface area contributed by atoms with Gasteiger partial charge in [0, 0.05) is 0 Å². The zero-order chi connectivity index (χ0) is 9.45. The van der Waals surface area contributed by atoms with Gasteiger partial charge in [0.05, 0.1) is 27.7 Å². The van der Waals surface area contributed by atoms with Crippen LogP contribution in [0.5, 0.6) is 0 Å². The van der Waals surface area contributed by atoms with Gasteiger partial charge >= 0.3 is 0 Å². The predicted molar refractivity (Wildman–Crippen MR) is 55.3 cm³/mol. The van der Waals surface area contributed by atoms with Crippen LogP contribution in [-0.2, 0) is 0 Å². The second-order valence-electron chi connectivity index (χ2n) is 4.43. The molecule has 0 saturated heterocycles. The van der Waals surface area contributed by atoms with Crippen molar-refractivity contribution in [2.24, 2.45) is 0 Å². The number of unbranched alkanes of at least 4 members (excludes halogenated alkanes) is 2. The number of rotatable bonds is 7. The number of quaternary nitrogens is 1. The first-order chi connectivity index (χ1) is 5.56. The summed E-state index contributed by atoms with van der Waals surface area (Å²) in [6.07, 6.45) is 4.05. The molecule has 0 unspecified atom stereocenters. The van der Waals surface area contributed by atoms with E-state index in [4.69, 9.17) is 0 Å². The van der Waals surface area contributed by atoms with E-state index in [9.17, 15) is 0 Å². The molecule has 0 atom stereocenters. The average molecular weight is 173 g/mol. The van der Waals surface area contributed by atoms with Gasteiger partial charge in [0.15, 0.2) is 0 Å². The van der Waals surface area contributed by atoms with Crippen molar-refractivity contribution in [3.63, 3.8) is 0 Å². The summed E-state index contributed by atoms with van der Waals surface area (Å²) in [6, 6.07) is 0. The van der Waals surface area contributed by atoms with E-state index >= 15 is 0 Å². The fourth-order valence-electron chi connectivity index (χ4n) is 1.19. The van der Waals surface area contributed by atoms with Gasteiger partial charge in [-0.15, -0.1) is 0 Å². The molecule has 0 aromatic heterocycles. The Bertz CT molecular complexity index is 94.5. The first-order valence-electron chi connectivity index (χ1n) is 5.07. The maximum absolute atomic E-state index is 3.34. The Hall–Kier alpha value is -0.0800. The summed E-state index contributed by atoms with van der Waals surface area (Å²) in [6.45, 7) is 5.75. The summed E-state index contributed by atoms with van der Waals surface area (Å²) in [5, 5.41) is 3.34. The summed E-state index contributed by atoms with van der Waals surface area (Å²) in [4.78, 5) is 0. The molecule has 2 nitrogen and oxygen atoms in total. The van der Waals surface area contributed by atoms with Crippen molar-refractivity contribution < 1.29 is 4.48 Å². The maximum atomic E-state index is 3.34. The van der Waals surface area contributed by atoms with E-state index in [1.807, 2.05) is 0 Å². The van der Waals surface area contributed by atoms with Crippen LogP contribution >= 0.6 is 0 Å². The van der Waals surface area contributed by atoms with Crippen molar-refractivity contribution in [2.45, 2.75) is 26.2 Å². The fraction of sp³-hybridized carbons (Fsp3) is 1.00. The Morgan fingerprint density at radius 3 is 2.17 bits per heavy atom. The van der Waals surface area contributed by atoms with Crippen molar-refractivity contribution in [1.29, 1.82) is 0 Å². The van der Waals surface area contributed by atoms with Crippen LogP contribution in [0.25, 0.3) is 0 Å². The molecule has 0 bridgehead atoms. The van der Waals surface area contributed by atoms with Gasteiger partial charge in [-0.1, -0.05) is 6.92 Å². The lowest BCUT2D eigenvalue weighted by Crippen LogP contribution is -2.35. The topological polar surface area (TPSA) is 12.0 Å². The minimum atomic E-state index is 1.10. The predicted octanol–water partition coefficient (Wildman–Crippen LogP) is 1.47. The highest BCUT2D eigenvalue weighted by Crippen LogP contribution is 1.99. The van der Waals surface area contributed by atoms with Crippen molar-refractivity contribution in [3.8, 4) is 0 Å². The maximum Gasteiger partial charge on any atom is 0.0780 e. The molecule has 0 aliphatic heterocycles. The van der Waals surface area contributed by atoms with E-state index in [-0.39, 0.29) is 0 Å². The van der Waals surface area contributed by atoms with E-state index in [1.54, 1.807) is 0 Å². The van der Waals surface area contributed by atoms with Crippen LogP contribution in [0.15, 0.2) is 0 Å². The van der Waals surface area contributed by atoms with E-state index in [2.05, 4.69) is 33.4 Å². The molecule has 0 spiro atoms. The van der Waals surface area contributed by atoms with Crippen molar-refractivity contribution in [3.05, 3.63) is 0 Å². The van der Waals surface area contributed by atoms with Gasteiger partial charge < -0.3 is 9.80 Å². The molecule has 0 aromatic rings. The second kappa shape index (κ2) is 6.44. The molecule has 2 heteroatoms. The Morgan fingerprint density at radius 1 is 1.00 bits per heavy atom. The van der Waals surface area contributed by atoms with Gasteiger partial charge in [-0.25, -0.2) is 0 Å². The number of hydrogen-bond donors (Lipinski definition) is 1. The number of nitrogens with one attached hydrogen (secondary N) is 1. The van der Waals surface area contributed by atoms with Gasteiger partial charge in [0.1, 0.15) is 0 Å². The fourth-order valence-corrected chi connectivity index (χ4v) is 1.19.